The minimum atomic E-state index is -0.679. The fourth-order valence-electron chi connectivity index (χ4n) is 5.06. The number of ketones is 2. The van der Waals surface area contributed by atoms with E-state index in [-0.39, 0.29) is 29.5 Å². The molecule has 0 unspecified atom stereocenters. The SMILES string of the molecule is C=CCOCC(=O)N1CCC2(CC1)CC(=O)C(c1c(C)cc(C#CC)cc1C)C(=O)C2. The third kappa shape index (κ3) is 4.97. The van der Waals surface area contributed by atoms with Crippen LogP contribution < -0.4 is 0 Å². The van der Waals surface area contributed by atoms with Gasteiger partial charge in [-0.1, -0.05) is 12.0 Å². The zero-order valence-electron chi connectivity index (χ0n) is 18.8. The number of likely N-dealkylation sites (tertiary alicyclic amines) is 1. The van der Waals surface area contributed by atoms with E-state index in [1.54, 1.807) is 17.9 Å². The fourth-order valence-corrected chi connectivity index (χ4v) is 5.06. The Bertz CT molecular complexity index is 914. The molecule has 1 aromatic carbocycles. The van der Waals surface area contributed by atoms with Crippen molar-refractivity contribution in [2.75, 3.05) is 26.3 Å². The van der Waals surface area contributed by atoms with Gasteiger partial charge in [-0.25, -0.2) is 0 Å². The molecular formula is C26H31NO4. The van der Waals surface area contributed by atoms with E-state index >= 15 is 0 Å². The van der Waals surface area contributed by atoms with Crippen molar-refractivity contribution in [2.24, 2.45) is 5.41 Å². The number of amides is 1. The molecule has 164 valence electrons. The summed E-state index contributed by atoms with van der Waals surface area (Å²) in [6.07, 6.45) is 3.75. The van der Waals surface area contributed by atoms with Gasteiger partial charge in [-0.2, -0.15) is 0 Å². The number of rotatable bonds is 5. The monoisotopic (exact) mass is 421 g/mol. The van der Waals surface area contributed by atoms with Crippen molar-refractivity contribution in [1.29, 1.82) is 0 Å². The van der Waals surface area contributed by atoms with Crippen LogP contribution in [0.15, 0.2) is 24.8 Å². The number of benzene rings is 1. The van der Waals surface area contributed by atoms with Gasteiger partial charge in [0.2, 0.25) is 5.91 Å². The summed E-state index contributed by atoms with van der Waals surface area (Å²) in [5.74, 6) is 5.23. The van der Waals surface area contributed by atoms with Crippen molar-refractivity contribution >= 4 is 17.5 Å². The molecule has 1 aliphatic carbocycles. The molecule has 0 bridgehead atoms. The summed E-state index contributed by atoms with van der Waals surface area (Å²) in [6.45, 7) is 10.8. The standard InChI is InChI=1S/C26H31NO4/c1-5-7-20-13-18(3)24(19(4)14-20)25-21(28)15-26(16-22(25)29)8-10-27(11-9-26)23(30)17-31-12-6-2/h6,13-14,25H,2,8-12,15-17H2,1,3-4H3. The van der Waals surface area contributed by atoms with Crippen LogP contribution >= 0.6 is 0 Å². The number of carbonyl (C=O) groups is 3. The Hall–Kier alpha value is -2.71. The molecule has 5 heteroatoms. The largest absolute Gasteiger partial charge is 0.368 e. The smallest absolute Gasteiger partial charge is 0.248 e. The molecule has 1 saturated carbocycles. The number of nitrogens with zero attached hydrogens (tertiary/aromatic N) is 1. The highest BCUT2D eigenvalue weighted by molar-refractivity contribution is 6.10. The number of piperidine rings is 1. The van der Waals surface area contributed by atoms with Gasteiger partial charge in [0.1, 0.15) is 24.1 Å². The van der Waals surface area contributed by atoms with Crippen LogP contribution in [0.5, 0.6) is 0 Å². The molecule has 0 N–H and O–H groups in total. The molecule has 31 heavy (non-hydrogen) atoms. The minimum Gasteiger partial charge on any atom is -0.368 e. The zero-order valence-corrected chi connectivity index (χ0v) is 18.8. The van der Waals surface area contributed by atoms with Gasteiger partial charge >= 0.3 is 0 Å². The van der Waals surface area contributed by atoms with E-state index in [2.05, 4.69) is 18.4 Å². The van der Waals surface area contributed by atoms with E-state index < -0.39 is 5.92 Å². The van der Waals surface area contributed by atoms with E-state index in [1.807, 2.05) is 26.0 Å². The van der Waals surface area contributed by atoms with Gasteiger partial charge in [0.15, 0.2) is 0 Å². The lowest BCUT2D eigenvalue weighted by Gasteiger charge is -2.44. The number of Topliss-reactive ketones (excluding diaryl/α,β-unsaturated/α-hetero) is 2. The van der Waals surface area contributed by atoms with Crippen LogP contribution in [0.4, 0.5) is 0 Å². The van der Waals surface area contributed by atoms with Crippen LogP contribution in [-0.2, 0) is 19.1 Å². The van der Waals surface area contributed by atoms with Crippen LogP contribution in [0.2, 0.25) is 0 Å². The van der Waals surface area contributed by atoms with Crippen molar-refractivity contribution in [3.63, 3.8) is 0 Å². The first kappa shape index (κ1) is 23.0. The van der Waals surface area contributed by atoms with Gasteiger partial charge in [0, 0.05) is 31.5 Å². The topological polar surface area (TPSA) is 63.7 Å². The average molecular weight is 422 g/mol. The Morgan fingerprint density at radius 2 is 1.77 bits per heavy atom. The Morgan fingerprint density at radius 1 is 1.19 bits per heavy atom. The van der Waals surface area contributed by atoms with Crippen LogP contribution in [-0.4, -0.2) is 48.7 Å². The third-order valence-corrected chi connectivity index (χ3v) is 6.53. The summed E-state index contributed by atoms with van der Waals surface area (Å²) in [5.41, 5.74) is 3.32. The molecule has 2 fully saturated rings. The Morgan fingerprint density at radius 3 is 2.29 bits per heavy atom. The van der Waals surface area contributed by atoms with Crippen LogP contribution in [0.3, 0.4) is 0 Å². The first-order valence-corrected chi connectivity index (χ1v) is 10.9. The highest BCUT2D eigenvalue weighted by atomic mass is 16.5. The van der Waals surface area contributed by atoms with Gasteiger partial charge in [-0.05, 0) is 67.9 Å². The minimum absolute atomic E-state index is 0.00543. The second-order valence-corrected chi connectivity index (χ2v) is 8.80. The molecule has 2 aliphatic rings. The molecule has 1 aliphatic heterocycles. The van der Waals surface area contributed by atoms with Gasteiger partial charge < -0.3 is 9.64 Å². The van der Waals surface area contributed by atoms with Crippen molar-refractivity contribution in [2.45, 2.75) is 52.4 Å². The summed E-state index contributed by atoms with van der Waals surface area (Å²) in [4.78, 5) is 40.5. The molecule has 0 radical (unpaired) electrons. The quantitative estimate of drug-likeness (QED) is 0.316. The predicted molar refractivity (Wildman–Crippen MR) is 120 cm³/mol. The number of hydrogen-bond donors (Lipinski definition) is 0. The van der Waals surface area contributed by atoms with Crippen molar-refractivity contribution in [3.05, 3.63) is 47.0 Å². The number of aryl methyl sites for hydroxylation is 2. The molecule has 1 spiro atoms. The highest BCUT2D eigenvalue weighted by Gasteiger charge is 2.47. The maximum absolute atomic E-state index is 13.2. The molecule has 5 nitrogen and oxygen atoms in total. The summed E-state index contributed by atoms with van der Waals surface area (Å²) in [5, 5.41) is 0. The van der Waals surface area contributed by atoms with Crippen molar-refractivity contribution in [1.82, 2.24) is 4.90 Å². The summed E-state index contributed by atoms with van der Waals surface area (Å²) in [6, 6.07) is 3.92. The van der Waals surface area contributed by atoms with Crippen molar-refractivity contribution in [3.8, 4) is 11.8 Å². The van der Waals surface area contributed by atoms with Gasteiger partial charge in [-0.15, -0.1) is 12.5 Å². The number of carbonyl (C=O) groups excluding carboxylic acids is 3. The van der Waals surface area contributed by atoms with Crippen LogP contribution in [0.1, 0.15) is 60.8 Å². The number of ether oxygens (including phenoxy) is 1. The molecule has 3 rings (SSSR count). The van der Waals surface area contributed by atoms with E-state index in [4.69, 9.17) is 4.74 Å². The lowest BCUT2D eigenvalue weighted by Crippen LogP contribution is -2.49. The summed E-state index contributed by atoms with van der Waals surface area (Å²) >= 11 is 0. The van der Waals surface area contributed by atoms with Gasteiger partial charge in [0.05, 0.1) is 6.61 Å². The molecule has 1 saturated heterocycles. The second kappa shape index (κ2) is 9.62. The van der Waals surface area contributed by atoms with E-state index in [9.17, 15) is 14.4 Å². The molecule has 1 amide bonds. The lowest BCUT2D eigenvalue weighted by atomic mass is 9.62. The third-order valence-electron chi connectivity index (χ3n) is 6.53. The average Bonchev–Trinajstić information content (AvgIpc) is 2.70. The first-order chi connectivity index (χ1) is 14.8. The van der Waals surface area contributed by atoms with E-state index in [1.165, 1.54) is 0 Å². The van der Waals surface area contributed by atoms with E-state index in [0.29, 0.717) is 45.4 Å². The van der Waals surface area contributed by atoms with E-state index in [0.717, 1.165) is 22.3 Å². The molecule has 0 atom stereocenters. The van der Waals surface area contributed by atoms with Gasteiger partial charge in [-0.3, -0.25) is 14.4 Å². The molecular weight excluding hydrogens is 390 g/mol. The highest BCUT2D eigenvalue weighted by Crippen LogP contribution is 2.46. The Kier molecular flexibility index (Phi) is 7.12. The lowest BCUT2D eigenvalue weighted by molar-refractivity contribution is -0.142. The predicted octanol–water partition coefficient (Wildman–Crippen LogP) is 3.50. The fraction of sp³-hybridized carbons (Fsp3) is 0.500. The maximum atomic E-state index is 13.2. The molecule has 0 aromatic heterocycles. The van der Waals surface area contributed by atoms with Gasteiger partial charge in [0.25, 0.3) is 0 Å². The van der Waals surface area contributed by atoms with Crippen LogP contribution in [0, 0.1) is 31.1 Å². The molecule has 1 aromatic rings. The zero-order chi connectivity index (χ0) is 22.6. The van der Waals surface area contributed by atoms with Crippen LogP contribution in [0.25, 0.3) is 0 Å². The van der Waals surface area contributed by atoms with Crippen molar-refractivity contribution < 1.29 is 19.1 Å². The Labute approximate surface area is 184 Å². The summed E-state index contributed by atoms with van der Waals surface area (Å²) < 4.78 is 5.25. The first-order valence-electron chi connectivity index (χ1n) is 10.9. The maximum Gasteiger partial charge on any atom is 0.248 e. The normalized spacial score (nSPS) is 18.6. The second-order valence-electron chi connectivity index (χ2n) is 8.80. The summed E-state index contributed by atoms with van der Waals surface area (Å²) in [7, 11) is 0. The number of hydrogen-bond acceptors (Lipinski definition) is 4. The Balaban J connectivity index is 1.71. The molecule has 1 heterocycles.